The van der Waals surface area contributed by atoms with Crippen molar-refractivity contribution in [1.82, 2.24) is 10.1 Å². The topological polar surface area (TPSA) is 77.4 Å². The molecule has 2 rings (SSSR count). The lowest BCUT2D eigenvalue weighted by Gasteiger charge is -2.11. The lowest BCUT2D eigenvalue weighted by Crippen LogP contribution is -2.17. The highest BCUT2D eigenvalue weighted by atomic mass is 16.5. The molecule has 1 aromatic heterocycles. The van der Waals surface area contributed by atoms with Gasteiger partial charge in [-0.3, -0.25) is 0 Å². The number of rotatable bonds is 5. The smallest absolute Gasteiger partial charge is 0.257 e. The SMILES string of the molecule is COCC(N)c1noc(-c2ccc(N(C)C)cc2)n1. The Morgan fingerprint density at radius 1 is 1.32 bits per heavy atom. The van der Waals surface area contributed by atoms with Gasteiger partial charge < -0.3 is 19.9 Å². The van der Waals surface area contributed by atoms with Gasteiger partial charge in [-0.2, -0.15) is 4.98 Å². The third-order valence-electron chi connectivity index (χ3n) is 2.75. The average molecular weight is 262 g/mol. The largest absolute Gasteiger partial charge is 0.383 e. The molecule has 0 aliphatic rings. The van der Waals surface area contributed by atoms with Crippen LogP contribution in [0.15, 0.2) is 28.8 Å². The summed E-state index contributed by atoms with van der Waals surface area (Å²) >= 11 is 0. The Kier molecular flexibility index (Phi) is 4.13. The molecular formula is C13H18N4O2. The van der Waals surface area contributed by atoms with Crippen molar-refractivity contribution in [2.75, 3.05) is 32.7 Å². The number of anilines is 1. The van der Waals surface area contributed by atoms with E-state index in [-0.39, 0.29) is 6.04 Å². The van der Waals surface area contributed by atoms with E-state index in [1.165, 1.54) is 0 Å². The molecule has 0 radical (unpaired) electrons. The molecule has 1 unspecified atom stereocenters. The highest BCUT2D eigenvalue weighted by Crippen LogP contribution is 2.21. The second-order valence-corrected chi connectivity index (χ2v) is 4.46. The van der Waals surface area contributed by atoms with Gasteiger partial charge in [0.1, 0.15) is 0 Å². The Morgan fingerprint density at radius 3 is 2.58 bits per heavy atom. The van der Waals surface area contributed by atoms with Crippen molar-refractivity contribution >= 4 is 5.69 Å². The van der Waals surface area contributed by atoms with Crippen molar-refractivity contribution in [3.05, 3.63) is 30.1 Å². The van der Waals surface area contributed by atoms with Gasteiger partial charge in [-0.25, -0.2) is 0 Å². The van der Waals surface area contributed by atoms with Crippen LogP contribution in [0.25, 0.3) is 11.5 Å². The molecule has 0 aliphatic heterocycles. The summed E-state index contributed by atoms with van der Waals surface area (Å²) in [7, 11) is 5.56. The minimum atomic E-state index is -0.372. The third kappa shape index (κ3) is 3.10. The number of nitrogens with zero attached hydrogens (tertiary/aromatic N) is 3. The van der Waals surface area contributed by atoms with Crippen LogP contribution >= 0.6 is 0 Å². The second-order valence-electron chi connectivity index (χ2n) is 4.46. The first-order valence-electron chi connectivity index (χ1n) is 5.97. The Hall–Kier alpha value is -1.92. The van der Waals surface area contributed by atoms with Crippen molar-refractivity contribution in [1.29, 1.82) is 0 Å². The summed E-state index contributed by atoms with van der Waals surface area (Å²) in [5.41, 5.74) is 7.82. The summed E-state index contributed by atoms with van der Waals surface area (Å²) in [5.74, 6) is 0.917. The van der Waals surface area contributed by atoms with Gasteiger partial charge in [0, 0.05) is 32.5 Å². The number of ether oxygens (including phenoxy) is 1. The predicted octanol–water partition coefficient (Wildman–Crippen LogP) is 1.45. The van der Waals surface area contributed by atoms with Gasteiger partial charge in [-0.1, -0.05) is 5.16 Å². The van der Waals surface area contributed by atoms with E-state index in [2.05, 4.69) is 10.1 Å². The number of aromatic nitrogens is 2. The number of nitrogens with two attached hydrogens (primary N) is 1. The molecule has 1 atom stereocenters. The maximum Gasteiger partial charge on any atom is 0.257 e. The predicted molar refractivity (Wildman–Crippen MR) is 72.9 cm³/mol. The molecule has 0 amide bonds. The van der Waals surface area contributed by atoms with Gasteiger partial charge in [0.15, 0.2) is 5.82 Å². The van der Waals surface area contributed by atoms with Crippen LogP contribution in [0.1, 0.15) is 11.9 Å². The van der Waals surface area contributed by atoms with Gasteiger partial charge in [0.2, 0.25) is 0 Å². The van der Waals surface area contributed by atoms with Crippen LogP contribution in [0.2, 0.25) is 0 Å². The Morgan fingerprint density at radius 2 is 2.00 bits per heavy atom. The monoisotopic (exact) mass is 262 g/mol. The van der Waals surface area contributed by atoms with E-state index in [0.29, 0.717) is 18.3 Å². The Labute approximate surface area is 112 Å². The van der Waals surface area contributed by atoms with Crippen LogP contribution in [0, 0.1) is 0 Å². The number of benzene rings is 1. The van der Waals surface area contributed by atoms with Crippen molar-refractivity contribution in [2.24, 2.45) is 5.73 Å². The first-order valence-corrected chi connectivity index (χ1v) is 5.97. The van der Waals surface area contributed by atoms with E-state index < -0.39 is 0 Å². The van der Waals surface area contributed by atoms with Crippen LogP contribution in [-0.4, -0.2) is 38.0 Å². The normalized spacial score (nSPS) is 12.4. The summed E-state index contributed by atoms with van der Waals surface area (Å²) in [6.45, 7) is 0.360. The van der Waals surface area contributed by atoms with Crippen LogP contribution in [0.5, 0.6) is 0 Å². The van der Waals surface area contributed by atoms with Crippen LogP contribution in [0.3, 0.4) is 0 Å². The summed E-state index contributed by atoms with van der Waals surface area (Å²) in [6, 6.07) is 7.49. The van der Waals surface area contributed by atoms with Gasteiger partial charge >= 0.3 is 0 Å². The zero-order valence-corrected chi connectivity index (χ0v) is 11.3. The molecule has 1 heterocycles. The molecular weight excluding hydrogens is 244 g/mol. The van der Waals surface area contributed by atoms with Gasteiger partial charge in [0.05, 0.1) is 12.6 Å². The fourth-order valence-corrected chi connectivity index (χ4v) is 1.66. The molecule has 0 aliphatic carbocycles. The molecule has 2 aromatic rings. The summed E-state index contributed by atoms with van der Waals surface area (Å²) < 4.78 is 10.2. The number of hydrogen-bond acceptors (Lipinski definition) is 6. The number of methoxy groups -OCH3 is 1. The zero-order chi connectivity index (χ0) is 13.8. The first kappa shape index (κ1) is 13.5. The number of hydrogen-bond donors (Lipinski definition) is 1. The molecule has 2 N–H and O–H groups in total. The van der Waals surface area contributed by atoms with E-state index in [4.69, 9.17) is 15.0 Å². The Balaban J connectivity index is 2.18. The van der Waals surface area contributed by atoms with E-state index in [1.807, 2.05) is 43.3 Å². The summed E-state index contributed by atoms with van der Waals surface area (Å²) in [5, 5.41) is 3.87. The fraction of sp³-hybridized carbons (Fsp3) is 0.385. The lowest BCUT2D eigenvalue weighted by atomic mass is 10.2. The van der Waals surface area contributed by atoms with Gasteiger partial charge in [-0.15, -0.1) is 0 Å². The maximum absolute atomic E-state index is 5.84. The molecule has 6 nitrogen and oxygen atoms in total. The van der Waals surface area contributed by atoms with Crippen molar-refractivity contribution < 1.29 is 9.26 Å². The van der Waals surface area contributed by atoms with Gasteiger partial charge in [-0.05, 0) is 24.3 Å². The van der Waals surface area contributed by atoms with Gasteiger partial charge in [0.25, 0.3) is 5.89 Å². The minimum absolute atomic E-state index is 0.360. The van der Waals surface area contributed by atoms with Crippen LogP contribution in [-0.2, 0) is 4.74 Å². The zero-order valence-electron chi connectivity index (χ0n) is 11.3. The van der Waals surface area contributed by atoms with E-state index in [1.54, 1.807) is 7.11 Å². The molecule has 0 fully saturated rings. The van der Waals surface area contributed by atoms with Crippen LogP contribution < -0.4 is 10.6 Å². The van der Waals surface area contributed by atoms with E-state index in [9.17, 15) is 0 Å². The summed E-state index contributed by atoms with van der Waals surface area (Å²) in [4.78, 5) is 6.30. The van der Waals surface area contributed by atoms with Crippen molar-refractivity contribution in [3.8, 4) is 11.5 Å². The van der Waals surface area contributed by atoms with E-state index in [0.717, 1.165) is 11.3 Å². The molecule has 6 heteroatoms. The highest BCUT2D eigenvalue weighted by molar-refractivity contribution is 5.58. The maximum atomic E-state index is 5.84. The van der Waals surface area contributed by atoms with Crippen molar-refractivity contribution in [3.63, 3.8) is 0 Å². The molecule has 0 saturated heterocycles. The molecule has 0 spiro atoms. The quantitative estimate of drug-likeness (QED) is 0.878. The van der Waals surface area contributed by atoms with Crippen molar-refractivity contribution in [2.45, 2.75) is 6.04 Å². The minimum Gasteiger partial charge on any atom is -0.383 e. The third-order valence-corrected chi connectivity index (χ3v) is 2.75. The molecule has 0 saturated carbocycles. The van der Waals surface area contributed by atoms with Crippen LogP contribution in [0.4, 0.5) is 5.69 Å². The van der Waals surface area contributed by atoms with E-state index >= 15 is 0 Å². The second kappa shape index (κ2) is 5.81. The lowest BCUT2D eigenvalue weighted by molar-refractivity contribution is 0.177. The first-order chi connectivity index (χ1) is 9.11. The summed E-state index contributed by atoms with van der Waals surface area (Å²) in [6.07, 6.45) is 0. The highest BCUT2D eigenvalue weighted by Gasteiger charge is 2.15. The molecule has 0 bridgehead atoms. The fourth-order valence-electron chi connectivity index (χ4n) is 1.66. The average Bonchev–Trinajstić information content (AvgIpc) is 2.89. The molecule has 1 aromatic carbocycles. The standard InChI is InChI=1S/C13H18N4O2/c1-17(2)10-6-4-9(5-7-10)13-15-12(16-19-13)11(14)8-18-3/h4-7,11H,8,14H2,1-3H3. The Bertz CT molecular complexity index is 522. The molecule has 19 heavy (non-hydrogen) atoms. The molecule has 102 valence electrons.